The Kier molecular flexibility index (Phi) is 7.64. The molecule has 0 radical (unpaired) electrons. The van der Waals surface area contributed by atoms with Gasteiger partial charge in [0.15, 0.2) is 0 Å². The van der Waals surface area contributed by atoms with Crippen LogP contribution < -0.4 is 5.32 Å². The molecule has 2 aromatic rings. The van der Waals surface area contributed by atoms with E-state index < -0.39 is 5.97 Å². The minimum Gasteiger partial charge on any atom is -0.481 e. The van der Waals surface area contributed by atoms with Crippen molar-refractivity contribution in [2.75, 3.05) is 13.6 Å². The highest BCUT2D eigenvalue weighted by Crippen LogP contribution is 2.12. The van der Waals surface area contributed by atoms with E-state index in [0.717, 1.165) is 16.7 Å². The molecule has 0 bridgehead atoms. The van der Waals surface area contributed by atoms with Crippen LogP contribution in [0.2, 0.25) is 0 Å². The molecule has 26 heavy (non-hydrogen) atoms. The summed E-state index contributed by atoms with van der Waals surface area (Å²) in [5.41, 5.74) is 3.09. The Bertz CT molecular complexity index is 719. The van der Waals surface area contributed by atoms with Gasteiger partial charge in [0.2, 0.25) is 0 Å². The Labute approximate surface area is 153 Å². The van der Waals surface area contributed by atoms with Crippen LogP contribution in [0.25, 0.3) is 0 Å². The van der Waals surface area contributed by atoms with Crippen LogP contribution in [0.3, 0.4) is 0 Å². The molecule has 0 aliphatic carbocycles. The molecule has 0 unspecified atom stereocenters. The third kappa shape index (κ3) is 6.57. The third-order valence-electron chi connectivity index (χ3n) is 3.93. The van der Waals surface area contributed by atoms with Crippen molar-refractivity contribution in [2.24, 2.45) is 0 Å². The molecular weight excluding hydrogens is 332 g/mol. The summed E-state index contributed by atoms with van der Waals surface area (Å²) in [7, 11) is 1.58. The molecule has 0 heterocycles. The van der Waals surface area contributed by atoms with Crippen molar-refractivity contribution in [2.45, 2.75) is 26.2 Å². The van der Waals surface area contributed by atoms with Gasteiger partial charge in [0.05, 0.1) is 19.6 Å². The Balaban J connectivity index is 1.84. The summed E-state index contributed by atoms with van der Waals surface area (Å²) in [6.45, 7) is 1.51. The quantitative estimate of drug-likeness (QED) is 0.724. The van der Waals surface area contributed by atoms with E-state index in [4.69, 9.17) is 9.84 Å². The molecule has 2 amide bonds. The summed E-state index contributed by atoms with van der Waals surface area (Å²) in [5, 5.41) is 11.5. The van der Waals surface area contributed by atoms with Crippen molar-refractivity contribution < 1.29 is 19.4 Å². The Hall–Kier alpha value is -2.86. The summed E-state index contributed by atoms with van der Waals surface area (Å²) in [4.78, 5) is 24.0. The second-order valence-electron chi connectivity index (χ2n) is 5.97. The van der Waals surface area contributed by atoms with Crippen LogP contribution in [-0.4, -0.2) is 35.6 Å². The predicted octanol–water partition coefficient (Wildman–Crippen LogP) is 3.02. The zero-order valence-electron chi connectivity index (χ0n) is 14.9. The number of hydrogen-bond acceptors (Lipinski definition) is 3. The van der Waals surface area contributed by atoms with E-state index in [1.54, 1.807) is 7.05 Å². The van der Waals surface area contributed by atoms with Gasteiger partial charge in [-0.1, -0.05) is 54.6 Å². The van der Waals surface area contributed by atoms with Gasteiger partial charge in [-0.3, -0.25) is 4.79 Å². The van der Waals surface area contributed by atoms with Crippen LogP contribution in [0.5, 0.6) is 0 Å². The molecule has 0 aliphatic rings. The van der Waals surface area contributed by atoms with Gasteiger partial charge in [0.25, 0.3) is 0 Å². The highest BCUT2D eigenvalue weighted by molar-refractivity contribution is 5.75. The number of amides is 2. The molecule has 0 atom stereocenters. The van der Waals surface area contributed by atoms with Gasteiger partial charge in [0.1, 0.15) is 0 Å². The summed E-state index contributed by atoms with van der Waals surface area (Å²) >= 11 is 0. The third-order valence-corrected chi connectivity index (χ3v) is 3.93. The van der Waals surface area contributed by atoms with E-state index in [-0.39, 0.29) is 19.0 Å². The molecule has 0 saturated carbocycles. The van der Waals surface area contributed by atoms with Crippen LogP contribution in [0.4, 0.5) is 4.79 Å². The number of urea groups is 1. The Morgan fingerprint density at radius 2 is 1.65 bits per heavy atom. The lowest BCUT2D eigenvalue weighted by molar-refractivity contribution is -0.137. The average Bonchev–Trinajstić information content (AvgIpc) is 2.65. The van der Waals surface area contributed by atoms with Crippen LogP contribution in [0, 0.1) is 0 Å². The number of carboxylic acid groups (broad SMARTS) is 1. The van der Waals surface area contributed by atoms with Gasteiger partial charge in [-0.25, -0.2) is 4.79 Å². The van der Waals surface area contributed by atoms with Crippen molar-refractivity contribution in [1.29, 1.82) is 0 Å². The van der Waals surface area contributed by atoms with Gasteiger partial charge in [-0.05, 0) is 16.7 Å². The first-order valence-electron chi connectivity index (χ1n) is 8.45. The number of carboxylic acids is 1. The van der Waals surface area contributed by atoms with Crippen molar-refractivity contribution in [3.63, 3.8) is 0 Å². The smallest absolute Gasteiger partial charge is 0.317 e. The first-order valence-corrected chi connectivity index (χ1v) is 8.45. The largest absolute Gasteiger partial charge is 0.481 e. The number of nitrogens with one attached hydrogen (secondary N) is 1. The molecule has 0 fully saturated rings. The Morgan fingerprint density at radius 3 is 2.35 bits per heavy atom. The second kappa shape index (κ2) is 10.2. The molecule has 2 rings (SSSR count). The van der Waals surface area contributed by atoms with E-state index in [1.807, 2.05) is 54.6 Å². The van der Waals surface area contributed by atoms with Gasteiger partial charge in [0, 0.05) is 20.1 Å². The zero-order chi connectivity index (χ0) is 18.8. The first kappa shape index (κ1) is 19.5. The average molecular weight is 356 g/mol. The number of hydrogen-bond donors (Lipinski definition) is 2. The summed E-state index contributed by atoms with van der Waals surface area (Å²) < 4.78 is 5.78. The van der Waals surface area contributed by atoms with Crippen molar-refractivity contribution >= 4 is 12.0 Å². The summed E-state index contributed by atoms with van der Waals surface area (Å²) in [6, 6.07) is 17.4. The monoisotopic (exact) mass is 356 g/mol. The number of benzene rings is 2. The second-order valence-corrected chi connectivity index (χ2v) is 5.97. The lowest BCUT2D eigenvalue weighted by Crippen LogP contribution is -2.38. The molecule has 0 aliphatic heterocycles. The van der Waals surface area contributed by atoms with Crippen molar-refractivity contribution in [3.05, 3.63) is 71.3 Å². The van der Waals surface area contributed by atoms with E-state index >= 15 is 0 Å². The minimum absolute atomic E-state index is 0.0756. The maximum atomic E-state index is 12.0. The topological polar surface area (TPSA) is 78.9 Å². The number of carbonyl (C=O) groups is 2. The number of nitrogens with zero attached hydrogens (tertiary/aromatic N) is 1. The van der Waals surface area contributed by atoms with Gasteiger partial charge < -0.3 is 20.1 Å². The van der Waals surface area contributed by atoms with Gasteiger partial charge in [-0.2, -0.15) is 0 Å². The number of ether oxygens (including phenoxy) is 1. The summed E-state index contributed by atoms with van der Waals surface area (Å²) in [6.07, 6.45) is -0.0756. The van der Waals surface area contributed by atoms with Crippen LogP contribution in [0.15, 0.2) is 54.6 Å². The van der Waals surface area contributed by atoms with Crippen molar-refractivity contribution in [3.8, 4) is 0 Å². The molecule has 0 saturated heterocycles. The minimum atomic E-state index is -0.925. The number of carbonyl (C=O) groups excluding carboxylic acids is 1. The molecule has 6 heteroatoms. The Morgan fingerprint density at radius 1 is 1.00 bits per heavy atom. The zero-order valence-corrected chi connectivity index (χ0v) is 14.9. The molecule has 2 N–H and O–H groups in total. The molecule has 6 nitrogen and oxygen atoms in total. The lowest BCUT2D eigenvalue weighted by atomic mass is 10.1. The standard InChI is InChI=1S/C20H24N2O4/c1-22(12-11-19(23)24)20(25)21-13-17-9-5-6-10-18(17)15-26-14-16-7-3-2-4-8-16/h2-10H,11-15H2,1H3,(H,21,25)(H,23,24). The normalized spacial score (nSPS) is 10.3. The van der Waals surface area contributed by atoms with Gasteiger partial charge >= 0.3 is 12.0 Å². The highest BCUT2D eigenvalue weighted by atomic mass is 16.5. The lowest BCUT2D eigenvalue weighted by Gasteiger charge is -2.18. The highest BCUT2D eigenvalue weighted by Gasteiger charge is 2.10. The van der Waals surface area contributed by atoms with Crippen LogP contribution in [-0.2, 0) is 29.3 Å². The number of aliphatic carboxylic acids is 1. The van der Waals surface area contributed by atoms with E-state index in [1.165, 1.54) is 4.90 Å². The maximum absolute atomic E-state index is 12.0. The maximum Gasteiger partial charge on any atom is 0.317 e. The van der Waals surface area contributed by atoms with Gasteiger partial charge in [-0.15, -0.1) is 0 Å². The SMILES string of the molecule is CN(CCC(=O)O)C(=O)NCc1ccccc1COCc1ccccc1. The number of rotatable bonds is 9. The molecule has 2 aromatic carbocycles. The molecule has 138 valence electrons. The van der Waals surface area contributed by atoms with Crippen LogP contribution in [0.1, 0.15) is 23.1 Å². The van der Waals surface area contributed by atoms with Crippen molar-refractivity contribution in [1.82, 2.24) is 10.2 Å². The molecule has 0 spiro atoms. The van der Waals surface area contributed by atoms with E-state index in [2.05, 4.69) is 5.32 Å². The van der Waals surface area contributed by atoms with E-state index in [9.17, 15) is 9.59 Å². The molecular formula is C20H24N2O4. The predicted molar refractivity (Wildman–Crippen MR) is 98.5 cm³/mol. The fourth-order valence-electron chi connectivity index (χ4n) is 2.39. The molecule has 0 aromatic heterocycles. The first-order chi connectivity index (χ1) is 12.6. The van der Waals surface area contributed by atoms with Crippen LogP contribution >= 0.6 is 0 Å². The fourth-order valence-corrected chi connectivity index (χ4v) is 2.39. The summed E-state index contributed by atoms with van der Waals surface area (Å²) in [5.74, 6) is -0.925. The van der Waals surface area contributed by atoms with E-state index in [0.29, 0.717) is 19.8 Å². The fraction of sp³-hybridized carbons (Fsp3) is 0.300.